The Morgan fingerprint density at radius 3 is 1.71 bits per heavy atom. The van der Waals surface area contributed by atoms with Crippen molar-refractivity contribution in [2.75, 3.05) is 52.5 Å². The third kappa shape index (κ3) is 8.86. The van der Waals surface area contributed by atoms with Crippen LogP contribution in [0.3, 0.4) is 0 Å². The molecule has 0 aromatic heterocycles. The zero-order valence-electron chi connectivity index (χ0n) is 30.3. The average Bonchev–Trinajstić information content (AvgIpc) is 3.36. The molecule has 0 saturated carbocycles. The predicted molar refractivity (Wildman–Crippen MR) is 200 cm³/mol. The molecule has 2 aliphatic heterocycles. The molecule has 0 spiro atoms. The van der Waals surface area contributed by atoms with Crippen LogP contribution >= 0.6 is 11.8 Å². The second-order valence-corrected chi connectivity index (χ2v) is 14.1. The molecular weight excluding hydrogens is 727 g/mol. The molecule has 0 bridgehead atoms. The van der Waals surface area contributed by atoms with E-state index in [-0.39, 0.29) is 6.61 Å². The molecule has 0 amide bonds. The number of amidine groups is 1. The van der Waals surface area contributed by atoms with Crippen molar-refractivity contribution >= 4 is 46.8 Å². The van der Waals surface area contributed by atoms with Gasteiger partial charge in [-0.25, -0.2) is 4.99 Å². The second-order valence-electron chi connectivity index (χ2n) is 13.1. The summed E-state index contributed by atoms with van der Waals surface area (Å²) < 4.78 is 5.40. The van der Waals surface area contributed by atoms with E-state index in [1.807, 2.05) is 0 Å². The third-order valence-electron chi connectivity index (χ3n) is 9.30. The highest BCUT2D eigenvalue weighted by Gasteiger charge is 2.62. The molecule has 0 aliphatic carbocycles. The van der Waals surface area contributed by atoms with Gasteiger partial charge in [-0.3, -0.25) is 14.5 Å². The molecule has 4 aromatic carbocycles. The van der Waals surface area contributed by atoms with Gasteiger partial charge in [0.15, 0.2) is 0 Å². The number of carbonyl (C=O) groups excluding carboxylic acids is 4. The molecule has 0 radical (unpaired) electrons. The number of aryl methyl sites for hydroxylation is 2. The van der Waals surface area contributed by atoms with E-state index in [0.717, 1.165) is 68.5 Å². The Morgan fingerprint density at radius 1 is 0.709 bits per heavy atom. The number of aliphatic imine (C=N–C) groups is 1. The zero-order valence-corrected chi connectivity index (χ0v) is 31.2. The maximum Gasteiger partial charge on any atom is 0.209 e. The normalized spacial score (nSPS) is 16.1. The van der Waals surface area contributed by atoms with Crippen LogP contribution in [-0.4, -0.2) is 118 Å². The molecule has 0 unspecified atom stereocenters. The summed E-state index contributed by atoms with van der Waals surface area (Å²) in [7, 11) is 0. The molecule has 2 aliphatic rings. The molecule has 1 saturated heterocycles. The predicted octanol–water partition coefficient (Wildman–Crippen LogP) is 1.19. The van der Waals surface area contributed by atoms with Gasteiger partial charge in [0.05, 0.1) is 37.4 Å². The molecular formula is C41H41N3O10S-2. The van der Waals surface area contributed by atoms with Crippen LogP contribution in [0.2, 0.25) is 0 Å². The SMILES string of the molecule is Cc1ccc(C(=O)[C@](O)(C(=O)[O-])[C@@](O)(C(=O)[O-])C(=O)c2ccc(C)cc2)cc1.OCCOCCN1CCN(C2=Nc3ccccc3Sc3ccccc32)CC1. The van der Waals surface area contributed by atoms with Crippen molar-refractivity contribution in [3.8, 4) is 0 Å². The topological polar surface area (TPSA) is 203 Å². The number of carboxylic acid groups (broad SMARTS) is 2. The maximum absolute atomic E-state index is 12.7. The van der Waals surface area contributed by atoms with Crippen molar-refractivity contribution in [2.45, 2.75) is 34.8 Å². The first-order valence-electron chi connectivity index (χ1n) is 17.5. The minimum atomic E-state index is -4.14. The average molecular weight is 768 g/mol. The lowest BCUT2D eigenvalue weighted by atomic mass is 9.73. The van der Waals surface area contributed by atoms with Crippen molar-refractivity contribution in [1.29, 1.82) is 0 Å². The first-order valence-corrected chi connectivity index (χ1v) is 18.3. The Hall–Kier alpha value is -5.22. The van der Waals surface area contributed by atoms with Crippen LogP contribution in [0.1, 0.15) is 37.4 Å². The first-order chi connectivity index (χ1) is 26.3. The lowest BCUT2D eigenvalue weighted by Gasteiger charge is -2.42. The summed E-state index contributed by atoms with van der Waals surface area (Å²) in [6.45, 7) is 9.34. The van der Waals surface area contributed by atoms with E-state index < -0.39 is 45.8 Å². The molecule has 1 fully saturated rings. The Balaban J connectivity index is 0.000000211. The molecule has 14 heteroatoms. The number of ketones is 2. The number of carbonyl (C=O) groups is 4. The number of para-hydroxylation sites is 1. The van der Waals surface area contributed by atoms with Crippen LogP contribution in [-0.2, 0) is 14.3 Å². The van der Waals surface area contributed by atoms with Gasteiger partial charge in [0.25, 0.3) is 0 Å². The van der Waals surface area contributed by atoms with Crippen LogP contribution in [0.15, 0.2) is 112 Å². The molecule has 288 valence electrons. The molecule has 55 heavy (non-hydrogen) atoms. The summed E-state index contributed by atoms with van der Waals surface area (Å²) in [4.78, 5) is 61.1. The van der Waals surface area contributed by atoms with Crippen LogP contribution in [0, 0.1) is 13.8 Å². The third-order valence-corrected chi connectivity index (χ3v) is 10.4. The van der Waals surface area contributed by atoms with Gasteiger partial charge in [-0.2, -0.15) is 0 Å². The van der Waals surface area contributed by atoms with Gasteiger partial charge in [0, 0.05) is 59.2 Å². The number of hydrogen-bond donors (Lipinski definition) is 3. The van der Waals surface area contributed by atoms with Crippen molar-refractivity contribution < 1.29 is 49.4 Å². The van der Waals surface area contributed by atoms with Gasteiger partial charge >= 0.3 is 0 Å². The maximum atomic E-state index is 12.7. The fourth-order valence-corrected chi connectivity index (χ4v) is 7.11. The number of nitrogens with zero attached hydrogens (tertiary/aromatic N) is 3. The second kappa shape index (κ2) is 17.9. The summed E-state index contributed by atoms with van der Waals surface area (Å²) in [5.74, 6) is -7.71. The standard InChI is InChI=1S/C21H25N3O2S.C20H18O8/c25-14-16-26-15-13-23-9-11-24(12-10-23)21-17-5-1-3-7-19(17)27-20-8-4-2-6-18(20)22-21;1-11-3-7-13(8-4-11)15(21)19(27,17(23)24)20(28,18(25)26)16(22)14-9-5-12(2)6-10-14/h1-8,25H,9-16H2;3-10,27-28H,1-2H3,(H,23,24)(H,25,26)/p-2/t;19-,20-/m.0/s1. The highest BCUT2D eigenvalue weighted by atomic mass is 32.2. The number of aliphatic hydroxyl groups excluding tert-OH is 1. The van der Waals surface area contributed by atoms with E-state index in [1.165, 1.54) is 39.6 Å². The fraction of sp³-hybridized carbons (Fsp3) is 0.293. The van der Waals surface area contributed by atoms with Gasteiger partial charge < -0.3 is 44.8 Å². The summed E-state index contributed by atoms with van der Waals surface area (Å²) in [6, 6.07) is 26.9. The summed E-state index contributed by atoms with van der Waals surface area (Å²) in [6.07, 6.45) is 0. The van der Waals surface area contributed by atoms with Gasteiger partial charge in [0.1, 0.15) is 5.84 Å². The summed E-state index contributed by atoms with van der Waals surface area (Å²) >= 11 is 1.80. The van der Waals surface area contributed by atoms with Gasteiger partial charge in [-0.15, -0.1) is 0 Å². The summed E-state index contributed by atoms with van der Waals surface area (Å²) in [5, 5.41) is 53.2. The van der Waals surface area contributed by atoms with E-state index >= 15 is 0 Å². The van der Waals surface area contributed by atoms with E-state index in [0.29, 0.717) is 24.3 Å². The highest BCUT2D eigenvalue weighted by molar-refractivity contribution is 7.99. The van der Waals surface area contributed by atoms with Gasteiger partial charge in [0.2, 0.25) is 22.8 Å². The molecule has 6 rings (SSSR count). The summed E-state index contributed by atoms with van der Waals surface area (Å²) in [5.41, 5.74) is -5.54. The van der Waals surface area contributed by atoms with Crippen LogP contribution < -0.4 is 10.2 Å². The van der Waals surface area contributed by atoms with Crippen LogP contribution in [0.4, 0.5) is 5.69 Å². The van der Waals surface area contributed by atoms with E-state index in [4.69, 9.17) is 14.8 Å². The molecule has 2 heterocycles. The molecule has 3 N–H and O–H groups in total. The van der Waals surface area contributed by atoms with E-state index in [9.17, 15) is 39.6 Å². The highest BCUT2D eigenvalue weighted by Crippen LogP contribution is 2.40. The quantitative estimate of drug-likeness (QED) is 0.106. The van der Waals surface area contributed by atoms with E-state index in [1.54, 1.807) is 25.6 Å². The zero-order chi connectivity index (χ0) is 39.8. The van der Waals surface area contributed by atoms with Gasteiger partial charge in [-0.05, 0) is 32.0 Å². The number of ether oxygens (including phenoxy) is 1. The monoisotopic (exact) mass is 767 g/mol. The number of rotatable bonds is 12. The number of aliphatic carboxylic acids is 2. The first kappa shape index (κ1) is 41.0. The van der Waals surface area contributed by atoms with E-state index in [2.05, 4.69) is 58.3 Å². The number of Topliss-reactive ketones (excluding diaryl/α,β-unsaturated/α-hetero) is 2. The van der Waals surface area contributed by atoms with Crippen LogP contribution in [0.25, 0.3) is 0 Å². The molecule has 4 aromatic rings. The minimum Gasteiger partial charge on any atom is -0.546 e. The minimum absolute atomic E-state index is 0.0898. The number of piperazine rings is 1. The Kier molecular flexibility index (Phi) is 13.4. The lowest BCUT2D eigenvalue weighted by Crippen LogP contribution is -2.76. The number of benzene rings is 4. The Labute approximate surface area is 322 Å². The lowest BCUT2D eigenvalue weighted by molar-refractivity contribution is -0.346. The largest absolute Gasteiger partial charge is 0.546 e. The molecule has 13 nitrogen and oxygen atoms in total. The number of hydrogen-bond acceptors (Lipinski definition) is 14. The number of aliphatic hydroxyl groups is 3. The van der Waals surface area contributed by atoms with Crippen molar-refractivity contribution in [2.24, 2.45) is 4.99 Å². The number of carboxylic acids is 2. The Morgan fingerprint density at radius 2 is 1.20 bits per heavy atom. The smallest absolute Gasteiger partial charge is 0.209 e. The van der Waals surface area contributed by atoms with Crippen molar-refractivity contribution in [3.05, 3.63) is 125 Å². The Bertz CT molecular complexity index is 1970. The van der Waals surface area contributed by atoms with Crippen molar-refractivity contribution in [3.63, 3.8) is 0 Å². The van der Waals surface area contributed by atoms with Crippen LogP contribution in [0.5, 0.6) is 0 Å². The molecule has 2 atom stereocenters. The van der Waals surface area contributed by atoms with Gasteiger partial charge in [-0.1, -0.05) is 102 Å². The van der Waals surface area contributed by atoms with Crippen molar-refractivity contribution in [1.82, 2.24) is 9.80 Å². The number of fused-ring (bicyclic) bond motifs is 2. The fourth-order valence-electron chi connectivity index (χ4n) is 6.09.